The highest BCUT2D eigenvalue weighted by Gasteiger charge is 2.27. The molecule has 1 aromatic carbocycles. The summed E-state index contributed by atoms with van der Waals surface area (Å²) in [5.74, 6) is -2.80. The average molecular weight is 396 g/mol. The minimum atomic E-state index is -1.24. The standard InChI is InChI=1S/C18H22ClN3O5/c1-9(2)5-14(17(24)25)22-15(18(26)27)8-20-16(23)13-7-10-6-11(19)3-4-12(10)21-13/h3-4,6-7,9,14-15,21-22H,5,8H2,1-2H3,(H,20,23)(H,24,25)(H,26,27). The Bertz CT molecular complexity index is 849. The molecule has 5 N–H and O–H groups in total. The highest BCUT2D eigenvalue weighted by atomic mass is 35.5. The van der Waals surface area contributed by atoms with Gasteiger partial charge >= 0.3 is 11.9 Å². The maximum Gasteiger partial charge on any atom is 0.322 e. The van der Waals surface area contributed by atoms with Crippen molar-refractivity contribution in [3.63, 3.8) is 0 Å². The topological polar surface area (TPSA) is 132 Å². The Morgan fingerprint density at radius 2 is 1.78 bits per heavy atom. The molecule has 0 aliphatic heterocycles. The third-order valence-electron chi connectivity index (χ3n) is 4.00. The molecule has 0 bridgehead atoms. The molecule has 2 atom stereocenters. The number of carboxylic acid groups (broad SMARTS) is 2. The number of amides is 1. The van der Waals surface area contributed by atoms with E-state index in [-0.39, 0.29) is 24.6 Å². The normalized spacial score (nSPS) is 13.5. The summed E-state index contributed by atoms with van der Waals surface area (Å²) in [5.41, 5.74) is 0.980. The number of carboxylic acids is 2. The molecule has 0 spiro atoms. The van der Waals surface area contributed by atoms with Gasteiger partial charge in [-0.05, 0) is 36.6 Å². The first-order chi connectivity index (χ1) is 12.7. The van der Waals surface area contributed by atoms with E-state index in [1.807, 2.05) is 13.8 Å². The van der Waals surface area contributed by atoms with Gasteiger partial charge in [0.2, 0.25) is 0 Å². The van der Waals surface area contributed by atoms with E-state index in [0.717, 1.165) is 10.9 Å². The zero-order valence-electron chi connectivity index (χ0n) is 15.0. The number of aromatic nitrogens is 1. The molecule has 1 aromatic heterocycles. The average Bonchev–Trinajstić information content (AvgIpc) is 2.99. The number of benzene rings is 1. The summed E-state index contributed by atoms with van der Waals surface area (Å²) < 4.78 is 0. The first-order valence-electron chi connectivity index (χ1n) is 8.45. The van der Waals surface area contributed by atoms with Crippen LogP contribution >= 0.6 is 11.6 Å². The summed E-state index contributed by atoms with van der Waals surface area (Å²) in [7, 11) is 0. The van der Waals surface area contributed by atoms with Crippen LogP contribution in [0.1, 0.15) is 30.8 Å². The summed E-state index contributed by atoms with van der Waals surface area (Å²) in [6.45, 7) is 3.43. The SMILES string of the molecule is CC(C)CC(NC(CNC(=O)c1cc2cc(Cl)ccc2[nH]1)C(=O)O)C(=O)O. The highest BCUT2D eigenvalue weighted by molar-refractivity contribution is 6.31. The van der Waals surface area contributed by atoms with E-state index in [0.29, 0.717) is 5.02 Å². The van der Waals surface area contributed by atoms with Crippen LogP contribution in [-0.2, 0) is 9.59 Å². The fraction of sp³-hybridized carbons (Fsp3) is 0.389. The molecule has 1 amide bonds. The van der Waals surface area contributed by atoms with E-state index in [9.17, 15) is 24.6 Å². The quantitative estimate of drug-likeness (QED) is 0.441. The second-order valence-corrected chi connectivity index (χ2v) is 7.14. The summed E-state index contributed by atoms with van der Waals surface area (Å²) in [6.07, 6.45) is 0.274. The molecule has 0 saturated carbocycles. The van der Waals surface area contributed by atoms with Gasteiger partial charge in [0.05, 0.1) is 0 Å². The maximum absolute atomic E-state index is 12.3. The smallest absolute Gasteiger partial charge is 0.322 e. The van der Waals surface area contributed by atoms with E-state index in [2.05, 4.69) is 15.6 Å². The molecule has 0 aliphatic rings. The number of hydrogen-bond acceptors (Lipinski definition) is 4. The van der Waals surface area contributed by atoms with Crippen LogP contribution in [-0.4, -0.2) is 51.7 Å². The van der Waals surface area contributed by atoms with Crippen molar-refractivity contribution in [2.45, 2.75) is 32.4 Å². The Morgan fingerprint density at radius 1 is 1.11 bits per heavy atom. The molecule has 0 aliphatic carbocycles. The third kappa shape index (κ3) is 5.70. The van der Waals surface area contributed by atoms with Gasteiger partial charge < -0.3 is 20.5 Å². The molecule has 8 nitrogen and oxygen atoms in total. The van der Waals surface area contributed by atoms with Crippen molar-refractivity contribution in [1.82, 2.24) is 15.6 Å². The van der Waals surface area contributed by atoms with E-state index in [1.165, 1.54) is 0 Å². The highest BCUT2D eigenvalue weighted by Crippen LogP contribution is 2.20. The number of aliphatic carboxylic acids is 2. The summed E-state index contributed by atoms with van der Waals surface area (Å²) >= 11 is 5.92. The van der Waals surface area contributed by atoms with Crippen LogP contribution < -0.4 is 10.6 Å². The van der Waals surface area contributed by atoms with Crippen LogP contribution in [0, 0.1) is 5.92 Å². The minimum absolute atomic E-state index is 0.0702. The second kappa shape index (κ2) is 8.88. The molecule has 2 aromatic rings. The lowest BCUT2D eigenvalue weighted by atomic mass is 10.0. The summed E-state index contributed by atoms with van der Waals surface area (Å²) in [5, 5.41) is 25.0. The lowest BCUT2D eigenvalue weighted by Crippen LogP contribution is -2.52. The maximum atomic E-state index is 12.3. The van der Waals surface area contributed by atoms with Gasteiger partial charge in [0, 0.05) is 22.5 Å². The van der Waals surface area contributed by atoms with Crippen LogP contribution in [0.25, 0.3) is 10.9 Å². The van der Waals surface area contributed by atoms with Crippen molar-refractivity contribution in [1.29, 1.82) is 0 Å². The van der Waals surface area contributed by atoms with Crippen molar-refractivity contribution in [2.75, 3.05) is 6.54 Å². The zero-order valence-corrected chi connectivity index (χ0v) is 15.7. The molecule has 146 valence electrons. The second-order valence-electron chi connectivity index (χ2n) is 6.70. The van der Waals surface area contributed by atoms with E-state index >= 15 is 0 Å². The monoisotopic (exact) mass is 395 g/mol. The van der Waals surface area contributed by atoms with Crippen molar-refractivity contribution in [3.8, 4) is 0 Å². The number of H-pyrrole nitrogens is 1. The molecule has 9 heteroatoms. The van der Waals surface area contributed by atoms with Gasteiger partial charge in [0.25, 0.3) is 5.91 Å². The van der Waals surface area contributed by atoms with Crippen LogP contribution in [0.4, 0.5) is 0 Å². The first-order valence-corrected chi connectivity index (χ1v) is 8.83. The molecular weight excluding hydrogens is 374 g/mol. The lowest BCUT2D eigenvalue weighted by Gasteiger charge is -2.21. The Kier molecular flexibility index (Phi) is 6.81. The van der Waals surface area contributed by atoms with Crippen molar-refractivity contribution >= 4 is 40.3 Å². The third-order valence-corrected chi connectivity index (χ3v) is 4.23. The van der Waals surface area contributed by atoms with Gasteiger partial charge in [0.1, 0.15) is 17.8 Å². The predicted molar refractivity (Wildman–Crippen MR) is 101 cm³/mol. The van der Waals surface area contributed by atoms with Crippen LogP contribution in [0.2, 0.25) is 5.02 Å². The number of rotatable bonds is 9. The molecule has 27 heavy (non-hydrogen) atoms. The zero-order chi connectivity index (χ0) is 20.1. The number of hydrogen-bond donors (Lipinski definition) is 5. The largest absolute Gasteiger partial charge is 0.480 e. The number of aromatic amines is 1. The summed E-state index contributed by atoms with van der Waals surface area (Å²) in [6, 6.07) is 4.49. The molecular formula is C18H22ClN3O5. The van der Waals surface area contributed by atoms with Crippen LogP contribution in [0.5, 0.6) is 0 Å². The number of fused-ring (bicyclic) bond motifs is 1. The predicted octanol–water partition coefficient (Wildman–Crippen LogP) is 2.09. The van der Waals surface area contributed by atoms with Crippen LogP contribution in [0.15, 0.2) is 24.3 Å². The number of carbonyl (C=O) groups is 3. The van der Waals surface area contributed by atoms with Gasteiger partial charge in [-0.15, -0.1) is 0 Å². The Balaban J connectivity index is 2.04. The van der Waals surface area contributed by atoms with E-state index in [4.69, 9.17) is 11.6 Å². The van der Waals surface area contributed by atoms with Crippen molar-refractivity contribution in [3.05, 3.63) is 35.0 Å². The minimum Gasteiger partial charge on any atom is -0.480 e. The van der Waals surface area contributed by atoms with Crippen LogP contribution in [0.3, 0.4) is 0 Å². The fourth-order valence-electron chi connectivity index (χ4n) is 2.69. The van der Waals surface area contributed by atoms with Gasteiger partial charge in [-0.1, -0.05) is 25.4 Å². The van der Waals surface area contributed by atoms with Gasteiger partial charge in [0.15, 0.2) is 0 Å². The molecule has 0 saturated heterocycles. The molecule has 2 unspecified atom stereocenters. The first kappa shape index (κ1) is 20.7. The van der Waals surface area contributed by atoms with Gasteiger partial charge in [-0.25, -0.2) is 0 Å². The van der Waals surface area contributed by atoms with Gasteiger partial charge in [-0.2, -0.15) is 0 Å². The summed E-state index contributed by atoms with van der Waals surface area (Å²) in [4.78, 5) is 38.0. The molecule has 0 radical (unpaired) electrons. The van der Waals surface area contributed by atoms with Gasteiger partial charge in [-0.3, -0.25) is 19.7 Å². The Morgan fingerprint density at radius 3 is 2.37 bits per heavy atom. The molecule has 2 rings (SSSR count). The lowest BCUT2D eigenvalue weighted by molar-refractivity contribution is -0.142. The van der Waals surface area contributed by atoms with Crippen molar-refractivity contribution in [2.24, 2.45) is 5.92 Å². The molecule has 0 fully saturated rings. The van der Waals surface area contributed by atoms with Crippen molar-refractivity contribution < 1.29 is 24.6 Å². The van der Waals surface area contributed by atoms with E-state index < -0.39 is 29.9 Å². The number of nitrogens with one attached hydrogen (secondary N) is 3. The Labute approximate surface area is 160 Å². The Hall–Kier alpha value is -2.58. The van der Waals surface area contributed by atoms with E-state index in [1.54, 1.807) is 24.3 Å². The fourth-order valence-corrected chi connectivity index (χ4v) is 2.87. The number of halogens is 1. The number of carbonyl (C=O) groups excluding carboxylic acids is 1. The molecule has 1 heterocycles.